The average molecular weight is 263 g/mol. The van der Waals surface area contributed by atoms with Gasteiger partial charge in [-0.25, -0.2) is 9.78 Å². The molecule has 94 valence electrons. The molecule has 0 aliphatic heterocycles. The van der Waals surface area contributed by atoms with Crippen LogP contribution in [0.4, 0.5) is 0 Å². The van der Waals surface area contributed by atoms with E-state index in [1.54, 1.807) is 12.1 Å². The van der Waals surface area contributed by atoms with Gasteiger partial charge < -0.3 is 4.74 Å². The van der Waals surface area contributed by atoms with Crippen molar-refractivity contribution in [1.82, 2.24) is 4.98 Å². The van der Waals surface area contributed by atoms with E-state index >= 15 is 0 Å². The van der Waals surface area contributed by atoms with Crippen molar-refractivity contribution in [2.24, 2.45) is 0 Å². The van der Waals surface area contributed by atoms with Crippen molar-refractivity contribution in [3.8, 4) is 11.8 Å². The van der Waals surface area contributed by atoms with E-state index in [1.807, 2.05) is 0 Å². The van der Waals surface area contributed by atoms with Gasteiger partial charge in [-0.2, -0.15) is 0 Å². The number of carbonyl (C=O) groups excluding carboxylic acids is 2. The summed E-state index contributed by atoms with van der Waals surface area (Å²) in [6.45, 7) is 1.54. The zero-order valence-corrected chi connectivity index (χ0v) is 11.0. The van der Waals surface area contributed by atoms with Crippen LogP contribution in [0.25, 0.3) is 0 Å². The number of thioether (sulfide) groups is 1. The fraction of sp³-hybridized carbons (Fsp3) is 0.308. The van der Waals surface area contributed by atoms with E-state index in [0.29, 0.717) is 12.2 Å². The molecule has 1 aromatic rings. The summed E-state index contributed by atoms with van der Waals surface area (Å²) in [5, 5.41) is 0.0981. The van der Waals surface area contributed by atoms with Crippen LogP contribution in [0.15, 0.2) is 18.3 Å². The first-order valence-corrected chi connectivity index (χ1v) is 6.28. The molecule has 0 radical (unpaired) electrons. The predicted molar refractivity (Wildman–Crippen MR) is 70.2 cm³/mol. The lowest BCUT2D eigenvalue weighted by Crippen LogP contribution is -2.03. The second-order valence-corrected chi connectivity index (χ2v) is 4.59. The number of pyridine rings is 1. The van der Waals surface area contributed by atoms with Crippen molar-refractivity contribution in [1.29, 1.82) is 0 Å². The summed E-state index contributed by atoms with van der Waals surface area (Å²) in [4.78, 5) is 25.7. The van der Waals surface area contributed by atoms with Crippen LogP contribution in [0.1, 0.15) is 29.4 Å². The van der Waals surface area contributed by atoms with Gasteiger partial charge >= 0.3 is 5.97 Å². The van der Waals surface area contributed by atoms with Crippen LogP contribution in [0.2, 0.25) is 0 Å². The minimum Gasteiger partial charge on any atom is -0.464 e. The van der Waals surface area contributed by atoms with Crippen LogP contribution in [-0.4, -0.2) is 28.9 Å². The molecular formula is C13H13NO3S. The first-order valence-electron chi connectivity index (χ1n) is 5.30. The number of aromatic nitrogens is 1. The molecule has 4 nitrogen and oxygen atoms in total. The summed E-state index contributed by atoms with van der Waals surface area (Å²) in [5.41, 5.74) is 0.991. The van der Waals surface area contributed by atoms with E-state index in [2.05, 4.69) is 21.6 Å². The van der Waals surface area contributed by atoms with Gasteiger partial charge in [-0.1, -0.05) is 23.6 Å². The second kappa shape index (κ2) is 7.51. The van der Waals surface area contributed by atoms with Crippen molar-refractivity contribution in [3.05, 3.63) is 29.6 Å². The minimum atomic E-state index is -0.465. The molecule has 0 amide bonds. The number of nitrogens with zero attached hydrogens (tertiary/aromatic N) is 1. The standard InChI is InChI=1S/C13H13NO3S/c1-10(15)18-8-4-3-5-11-6-7-12(14-9-11)13(16)17-2/h6-7,9H,4,8H2,1-2H3. The molecule has 0 saturated carbocycles. The Labute approximate surface area is 110 Å². The molecule has 5 heteroatoms. The van der Waals surface area contributed by atoms with Gasteiger partial charge in [0.25, 0.3) is 0 Å². The summed E-state index contributed by atoms with van der Waals surface area (Å²) in [6, 6.07) is 3.28. The highest BCUT2D eigenvalue weighted by Crippen LogP contribution is 2.03. The van der Waals surface area contributed by atoms with E-state index < -0.39 is 5.97 Å². The summed E-state index contributed by atoms with van der Waals surface area (Å²) in [5.74, 6) is 6.08. The zero-order chi connectivity index (χ0) is 13.4. The van der Waals surface area contributed by atoms with Crippen molar-refractivity contribution in [2.75, 3.05) is 12.9 Å². The number of carbonyl (C=O) groups is 2. The largest absolute Gasteiger partial charge is 0.464 e. The molecule has 0 aliphatic carbocycles. The third-order valence-electron chi connectivity index (χ3n) is 1.92. The molecule has 0 bridgehead atoms. The maximum Gasteiger partial charge on any atom is 0.356 e. The Bertz CT molecular complexity index is 485. The van der Waals surface area contributed by atoms with E-state index in [1.165, 1.54) is 32.0 Å². The molecule has 0 spiro atoms. The first kappa shape index (κ1) is 14.3. The maximum absolute atomic E-state index is 11.1. The van der Waals surface area contributed by atoms with Crippen molar-refractivity contribution >= 4 is 22.8 Å². The predicted octanol–water partition coefficient (Wildman–Crippen LogP) is 1.89. The van der Waals surface area contributed by atoms with Gasteiger partial charge in [-0.15, -0.1) is 0 Å². The highest BCUT2D eigenvalue weighted by atomic mass is 32.2. The van der Waals surface area contributed by atoms with Crippen LogP contribution in [0.3, 0.4) is 0 Å². The SMILES string of the molecule is COC(=O)c1ccc(C#CCCSC(C)=O)cn1. The van der Waals surface area contributed by atoms with Gasteiger partial charge in [0.1, 0.15) is 5.69 Å². The Morgan fingerprint density at radius 1 is 1.44 bits per heavy atom. The summed E-state index contributed by atoms with van der Waals surface area (Å²) >= 11 is 1.26. The highest BCUT2D eigenvalue weighted by Gasteiger charge is 2.04. The molecule has 0 aliphatic rings. The van der Waals surface area contributed by atoms with Gasteiger partial charge in [0.2, 0.25) is 0 Å². The average Bonchev–Trinajstić information content (AvgIpc) is 2.38. The topological polar surface area (TPSA) is 56.3 Å². The number of esters is 1. The number of ether oxygens (including phenoxy) is 1. The molecule has 1 rings (SSSR count). The molecule has 1 heterocycles. The number of hydrogen-bond donors (Lipinski definition) is 0. The van der Waals surface area contributed by atoms with E-state index in [9.17, 15) is 9.59 Å². The Morgan fingerprint density at radius 2 is 2.22 bits per heavy atom. The Morgan fingerprint density at radius 3 is 2.78 bits per heavy atom. The molecule has 0 unspecified atom stereocenters. The summed E-state index contributed by atoms with van der Waals surface area (Å²) < 4.78 is 4.54. The third kappa shape index (κ3) is 5.02. The second-order valence-electron chi connectivity index (χ2n) is 3.32. The lowest BCUT2D eigenvalue weighted by atomic mass is 10.2. The number of hydrogen-bond acceptors (Lipinski definition) is 5. The molecule has 0 atom stereocenters. The number of methoxy groups -OCH3 is 1. The normalized spacial score (nSPS) is 9.22. The van der Waals surface area contributed by atoms with Crippen LogP contribution < -0.4 is 0 Å². The van der Waals surface area contributed by atoms with Gasteiger partial charge in [-0.05, 0) is 12.1 Å². The Kier molecular flexibility index (Phi) is 5.95. The molecule has 0 N–H and O–H groups in total. The quantitative estimate of drug-likeness (QED) is 0.473. The fourth-order valence-electron chi connectivity index (χ4n) is 1.10. The highest BCUT2D eigenvalue weighted by molar-refractivity contribution is 8.13. The monoisotopic (exact) mass is 263 g/mol. The van der Waals surface area contributed by atoms with Crippen molar-refractivity contribution in [2.45, 2.75) is 13.3 Å². The van der Waals surface area contributed by atoms with Gasteiger partial charge in [0.05, 0.1) is 7.11 Å². The van der Waals surface area contributed by atoms with Crippen molar-refractivity contribution in [3.63, 3.8) is 0 Å². The Hall–Kier alpha value is -1.80. The fourth-order valence-corrected chi connectivity index (χ4v) is 1.60. The smallest absolute Gasteiger partial charge is 0.356 e. The summed E-state index contributed by atoms with van der Waals surface area (Å²) in [7, 11) is 1.31. The molecule has 0 aromatic carbocycles. The lowest BCUT2D eigenvalue weighted by molar-refractivity contribution is -0.109. The lowest BCUT2D eigenvalue weighted by Gasteiger charge is -1.97. The first-order chi connectivity index (χ1) is 8.63. The van der Waals surface area contributed by atoms with E-state index in [4.69, 9.17) is 0 Å². The number of rotatable bonds is 3. The Balaban J connectivity index is 2.51. The van der Waals surface area contributed by atoms with Crippen LogP contribution in [0.5, 0.6) is 0 Å². The molecule has 1 aromatic heterocycles. The molecule has 0 saturated heterocycles. The molecular weight excluding hydrogens is 250 g/mol. The summed E-state index contributed by atoms with van der Waals surface area (Å²) in [6.07, 6.45) is 2.17. The van der Waals surface area contributed by atoms with Gasteiger partial charge in [0, 0.05) is 30.9 Å². The molecule has 0 fully saturated rings. The van der Waals surface area contributed by atoms with Crippen LogP contribution in [0, 0.1) is 11.8 Å². The zero-order valence-electron chi connectivity index (χ0n) is 10.2. The maximum atomic E-state index is 11.1. The van der Waals surface area contributed by atoms with Gasteiger partial charge in [-0.3, -0.25) is 4.79 Å². The van der Waals surface area contributed by atoms with E-state index in [0.717, 1.165) is 5.56 Å². The molecule has 18 heavy (non-hydrogen) atoms. The van der Waals surface area contributed by atoms with Crippen molar-refractivity contribution < 1.29 is 14.3 Å². The minimum absolute atomic E-state index is 0.0981. The van der Waals surface area contributed by atoms with E-state index in [-0.39, 0.29) is 10.8 Å². The van der Waals surface area contributed by atoms with Gasteiger partial charge in [0.15, 0.2) is 5.12 Å². The van der Waals surface area contributed by atoms with Crippen LogP contribution >= 0.6 is 11.8 Å². The third-order valence-corrected chi connectivity index (χ3v) is 2.74. The van der Waals surface area contributed by atoms with Crippen LogP contribution in [-0.2, 0) is 9.53 Å².